The van der Waals surface area contributed by atoms with Crippen molar-refractivity contribution in [2.75, 3.05) is 0 Å². The van der Waals surface area contributed by atoms with Gasteiger partial charge in [0.1, 0.15) is 11.5 Å². The summed E-state index contributed by atoms with van der Waals surface area (Å²) in [7, 11) is 0. The SMILES string of the molecule is NNC(=O)c1ccc(-c2c3ccc(O)cc3cc3cc(O)ccc23)c(C(=O)O)c1. The molecule has 0 aliphatic heterocycles. The van der Waals surface area contributed by atoms with E-state index in [1.54, 1.807) is 30.3 Å². The predicted molar refractivity (Wildman–Crippen MR) is 109 cm³/mol. The Morgan fingerprint density at radius 2 is 1.38 bits per heavy atom. The molecule has 0 aliphatic carbocycles. The first-order valence-corrected chi connectivity index (χ1v) is 8.66. The number of amides is 1. The second-order valence-corrected chi connectivity index (χ2v) is 6.60. The average Bonchev–Trinajstić information content (AvgIpc) is 2.70. The Balaban J connectivity index is 2.14. The molecule has 4 aromatic rings. The zero-order valence-corrected chi connectivity index (χ0v) is 15.0. The lowest BCUT2D eigenvalue weighted by Crippen LogP contribution is -2.30. The third kappa shape index (κ3) is 3.09. The topological polar surface area (TPSA) is 133 Å². The van der Waals surface area contributed by atoms with Gasteiger partial charge in [-0.05, 0) is 75.1 Å². The minimum absolute atomic E-state index is 0.0661. The van der Waals surface area contributed by atoms with Crippen LogP contribution < -0.4 is 11.3 Å². The number of carbonyl (C=O) groups is 2. The number of hydrogen-bond donors (Lipinski definition) is 5. The molecule has 0 aliphatic rings. The van der Waals surface area contributed by atoms with Gasteiger partial charge in [0.2, 0.25) is 0 Å². The van der Waals surface area contributed by atoms with Gasteiger partial charge in [-0.1, -0.05) is 18.2 Å². The molecule has 0 radical (unpaired) electrons. The van der Waals surface area contributed by atoms with Crippen LogP contribution >= 0.6 is 0 Å². The summed E-state index contributed by atoms with van der Waals surface area (Å²) in [6.07, 6.45) is 0. The van der Waals surface area contributed by atoms with Crippen LogP contribution in [0.5, 0.6) is 11.5 Å². The van der Waals surface area contributed by atoms with Crippen LogP contribution in [0.25, 0.3) is 32.7 Å². The molecule has 0 heterocycles. The number of nitrogen functional groups attached to an aromatic ring is 1. The van der Waals surface area contributed by atoms with Crippen molar-refractivity contribution in [2.45, 2.75) is 0 Å². The predicted octanol–water partition coefficient (Wildman–Crippen LogP) is 3.37. The maximum Gasteiger partial charge on any atom is 0.336 e. The summed E-state index contributed by atoms with van der Waals surface area (Å²) in [6, 6.07) is 15.7. The summed E-state index contributed by atoms with van der Waals surface area (Å²) < 4.78 is 0. The van der Waals surface area contributed by atoms with Gasteiger partial charge in [-0.25, -0.2) is 10.6 Å². The van der Waals surface area contributed by atoms with Crippen molar-refractivity contribution in [1.29, 1.82) is 0 Å². The van der Waals surface area contributed by atoms with Crippen molar-refractivity contribution in [1.82, 2.24) is 5.43 Å². The third-order valence-corrected chi connectivity index (χ3v) is 4.83. The number of aromatic carboxylic acids is 1. The molecule has 7 heteroatoms. The molecule has 4 rings (SSSR count). The lowest BCUT2D eigenvalue weighted by atomic mass is 9.88. The van der Waals surface area contributed by atoms with Crippen molar-refractivity contribution in [2.24, 2.45) is 5.84 Å². The highest BCUT2D eigenvalue weighted by Crippen LogP contribution is 2.40. The van der Waals surface area contributed by atoms with Crippen molar-refractivity contribution < 1.29 is 24.9 Å². The normalized spacial score (nSPS) is 10.9. The van der Waals surface area contributed by atoms with Gasteiger partial charge in [0, 0.05) is 5.56 Å². The zero-order valence-electron chi connectivity index (χ0n) is 15.0. The van der Waals surface area contributed by atoms with Crippen LogP contribution in [0.15, 0.2) is 60.7 Å². The van der Waals surface area contributed by atoms with E-state index in [0.717, 1.165) is 10.8 Å². The van der Waals surface area contributed by atoms with Crippen LogP contribution in [-0.2, 0) is 0 Å². The number of rotatable bonds is 3. The van der Waals surface area contributed by atoms with Crippen LogP contribution in [0.3, 0.4) is 0 Å². The maximum atomic E-state index is 12.0. The van der Waals surface area contributed by atoms with Gasteiger partial charge < -0.3 is 15.3 Å². The first kappa shape index (κ1) is 18.3. The highest BCUT2D eigenvalue weighted by atomic mass is 16.4. The number of nitrogens with one attached hydrogen (secondary N) is 1. The second kappa shape index (κ2) is 6.81. The van der Waals surface area contributed by atoms with Gasteiger partial charge in [-0.2, -0.15) is 0 Å². The highest BCUT2D eigenvalue weighted by Gasteiger charge is 2.19. The number of benzene rings is 4. The van der Waals surface area contributed by atoms with Gasteiger partial charge in [0.15, 0.2) is 0 Å². The highest BCUT2D eigenvalue weighted by molar-refractivity contribution is 6.16. The number of carboxylic acid groups (broad SMARTS) is 1. The molecule has 0 saturated carbocycles. The number of hydrogen-bond acceptors (Lipinski definition) is 5. The summed E-state index contributed by atoms with van der Waals surface area (Å²) in [5.41, 5.74) is 3.06. The quantitative estimate of drug-likeness (QED) is 0.158. The monoisotopic (exact) mass is 388 g/mol. The fourth-order valence-electron chi connectivity index (χ4n) is 3.56. The number of nitrogens with two attached hydrogens (primary N) is 1. The number of phenols is 2. The van der Waals surface area contributed by atoms with E-state index >= 15 is 0 Å². The van der Waals surface area contributed by atoms with Crippen molar-refractivity contribution in [3.05, 3.63) is 71.8 Å². The van der Waals surface area contributed by atoms with Crippen molar-refractivity contribution in [3.63, 3.8) is 0 Å². The van der Waals surface area contributed by atoms with Crippen molar-refractivity contribution >= 4 is 33.4 Å². The molecule has 29 heavy (non-hydrogen) atoms. The largest absolute Gasteiger partial charge is 0.508 e. The molecule has 0 atom stereocenters. The number of phenolic OH excluding ortho intramolecular Hbond substituents is 2. The smallest absolute Gasteiger partial charge is 0.336 e. The number of carboxylic acids is 1. The van der Waals surface area contributed by atoms with Gasteiger partial charge in [-0.3, -0.25) is 10.2 Å². The molecule has 0 spiro atoms. The standard InChI is InChI=1S/C22H16N2O5/c23-24-21(27)11-1-4-18(19(10-11)22(28)29)20-16-5-2-14(25)8-12(16)7-13-9-15(26)3-6-17(13)20/h1-10,25-26H,23H2,(H,24,27)(H,28,29). The number of fused-ring (bicyclic) bond motifs is 2. The zero-order chi connectivity index (χ0) is 20.7. The molecule has 6 N–H and O–H groups in total. The van der Waals surface area contributed by atoms with E-state index < -0.39 is 11.9 Å². The molecule has 0 bridgehead atoms. The van der Waals surface area contributed by atoms with E-state index in [4.69, 9.17) is 5.84 Å². The van der Waals surface area contributed by atoms with E-state index in [1.165, 1.54) is 24.3 Å². The summed E-state index contributed by atoms with van der Waals surface area (Å²) in [6.45, 7) is 0. The summed E-state index contributed by atoms with van der Waals surface area (Å²) >= 11 is 0. The van der Waals surface area contributed by atoms with Crippen LogP contribution in [0.4, 0.5) is 0 Å². The molecule has 0 saturated heterocycles. The molecule has 0 fully saturated rings. The minimum Gasteiger partial charge on any atom is -0.508 e. The van der Waals surface area contributed by atoms with Crippen LogP contribution in [0, 0.1) is 0 Å². The molecular formula is C22H16N2O5. The first-order valence-electron chi connectivity index (χ1n) is 8.66. The Kier molecular flexibility index (Phi) is 4.29. The van der Waals surface area contributed by atoms with E-state index in [2.05, 4.69) is 0 Å². The second-order valence-electron chi connectivity index (χ2n) is 6.60. The Hall–Kier alpha value is -4.10. The van der Waals surface area contributed by atoms with E-state index in [1.807, 2.05) is 11.5 Å². The molecule has 7 nitrogen and oxygen atoms in total. The van der Waals surface area contributed by atoms with E-state index in [0.29, 0.717) is 21.9 Å². The van der Waals surface area contributed by atoms with Crippen LogP contribution in [0.1, 0.15) is 20.7 Å². The van der Waals surface area contributed by atoms with Gasteiger partial charge >= 0.3 is 5.97 Å². The lowest BCUT2D eigenvalue weighted by molar-refractivity contribution is 0.0697. The molecule has 0 unspecified atom stereocenters. The van der Waals surface area contributed by atoms with Gasteiger partial charge in [-0.15, -0.1) is 0 Å². The van der Waals surface area contributed by atoms with Crippen LogP contribution in [-0.4, -0.2) is 27.2 Å². The number of aromatic hydroxyl groups is 2. The summed E-state index contributed by atoms with van der Waals surface area (Å²) in [4.78, 5) is 23.8. The van der Waals surface area contributed by atoms with Gasteiger partial charge in [0.25, 0.3) is 5.91 Å². The number of hydrazine groups is 1. The van der Waals surface area contributed by atoms with Gasteiger partial charge in [0.05, 0.1) is 5.56 Å². The molecule has 1 amide bonds. The Morgan fingerprint density at radius 3 is 1.90 bits per heavy atom. The molecule has 4 aromatic carbocycles. The van der Waals surface area contributed by atoms with E-state index in [-0.39, 0.29) is 22.6 Å². The fourth-order valence-corrected chi connectivity index (χ4v) is 3.56. The summed E-state index contributed by atoms with van der Waals surface area (Å²) in [5.74, 6) is 3.49. The Morgan fingerprint density at radius 1 is 0.793 bits per heavy atom. The minimum atomic E-state index is -1.20. The molecule has 0 aromatic heterocycles. The van der Waals surface area contributed by atoms with Crippen molar-refractivity contribution in [3.8, 4) is 22.6 Å². The lowest BCUT2D eigenvalue weighted by Gasteiger charge is -2.15. The van der Waals surface area contributed by atoms with Crippen LogP contribution in [0.2, 0.25) is 0 Å². The third-order valence-electron chi connectivity index (χ3n) is 4.83. The first-order chi connectivity index (χ1) is 13.9. The fraction of sp³-hybridized carbons (Fsp3) is 0. The van der Waals surface area contributed by atoms with E-state index in [9.17, 15) is 24.9 Å². The maximum absolute atomic E-state index is 12.0. The number of carbonyl (C=O) groups excluding carboxylic acids is 1. The Bertz CT molecular complexity index is 1250. The molecule has 144 valence electrons. The summed E-state index contributed by atoms with van der Waals surface area (Å²) in [5, 5.41) is 32.4. The average molecular weight is 388 g/mol. The Labute approximate surface area is 164 Å². The molecular weight excluding hydrogens is 372 g/mol.